The molecule has 0 radical (unpaired) electrons. The normalized spacial score (nSPS) is 17.0. The Morgan fingerprint density at radius 1 is 1.44 bits per heavy atom. The molecule has 2 aromatic rings. The SMILES string of the molecule is CC(C)(C)c1ccc(-c2nc3n(c(=O)c2C#N)C[C@@H](CF)CS3)cn1. The maximum Gasteiger partial charge on any atom is 0.272 e. The van der Waals surface area contributed by atoms with Gasteiger partial charge < -0.3 is 0 Å². The second-order valence-corrected chi connectivity index (χ2v) is 8.15. The van der Waals surface area contributed by atoms with Gasteiger partial charge in [0.05, 0.1) is 12.4 Å². The minimum atomic E-state index is -0.485. The van der Waals surface area contributed by atoms with Crippen LogP contribution in [0.5, 0.6) is 0 Å². The first-order valence-electron chi connectivity index (χ1n) is 8.05. The molecule has 5 nitrogen and oxygen atoms in total. The Morgan fingerprint density at radius 3 is 2.76 bits per heavy atom. The Hall–Kier alpha value is -2.20. The number of hydrogen-bond donors (Lipinski definition) is 0. The Kier molecular flexibility index (Phi) is 4.65. The van der Waals surface area contributed by atoms with Crippen LogP contribution in [-0.4, -0.2) is 27.0 Å². The molecule has 3 heterocycles. The highest BCUT2D eigenvalue weighted by Gasteiger charge is 2.25. The maximum absolute atomic E-state index is 12.9. The molecule has 0 fully saturated rings. The van der Waals surface area contributed by atoms with Gasteiger partial charge in [0.1, 0.15) is 11.6 Å². The number of aromatic nitrogens is 3. The van der Waals surface area contributed by atoms with E-state index in [0.717, 1.165) is 5.69 Å². The third kappa shape index (κ3) is 3.31. The molecular formula is C18H19FN4OS. The van der Waals surface area contributed by atoms with Gasteiger partial charge in [0.2, 0.25) is 0 Å². The van der Waals surface area contributed by atoms with Crippen molar-refractivity contribution in [1.82, 2.24) is 14.5 Å². The Balaban J connectivity index is 2.10. The Morgan fingerprint density at radius 2 is 2.20 bits per heavy atom. The van der Waals surface area contributed by atoms with Crippen molar-refractivity contribution in [3.05, 3.63) is 39.9 Å². The first-order chi connectivity index (χ1) is 11.8. The smallest absolute Gasteiger partial charge is 0.272 e. The lowest BCUT2D eigenvalue weighted by atomic mass is 9.91. The summed E-state index contributed by atoms with van der Waals surface area (Å²) in [6.07, 6.45) is 1.65. The monoisotopic (exact) mass is 358 g/mol. The summed E-state index contributed by atoms with van der Waals surface area (Å²) in [6.45, 7) is 5.98. The van der Waals surface area contributed by atoms with Gasteiger partial charge >= 0.3 is 0 Å². The molecule has 0 spiro atoms. The van der Waals surface area contributed by atoms with E-state index in [1.807, 2.05) is 18.2 Å². The van der Waals surface area contributed by atoms with Gasteiger partial charge in [-0.3, -0.25) is 18.7 Å². The summed E-state index contributed by atoms with van der Waals surface area (Å²) in [5.41, 5.74) is 1.39. The zero-order chi connectivity index (χ0) is 18.2. The molecule has 0 unspecified atom stereocenters. The highest BCUT2D eigenvalue weighted by Crippen LogP contribution is 2.29. The van der Waals surface area contributed by atoms with Crippen LogP contribution in [0, 0.1) is 17.2 Å². The van der Waals surface area contributed by atoms with Crippen molar-refractivity contribution in [3.8, 4) is 17.3 Å². The quantitative estimate of drug-likeness (QED) is 0.771. The number of hydrogen-bond acceptors (Lipinski definition) is 5. The Labute approximate surface area is 149 Å². The van der Waals surface area contributed by atoms with Gasteiger partial charge in [-0.2, -0.15) is 5.26 Å². The first-order valence-corrected chi connectivity index (χ1v) is 9.04. The highest BCUT2D eigenvalue weighted by molar-refractivity contribution is 7.99. The summed E-state index contributed by atoms with van der Waals surface area (Å²) in [7, 11) is 0. The number of fused-ring (bicyclic) bond motifs is 1. The molecule has 2 aromatic heterocycles. The van der Waals surface area contributed by atoms with Crippen molar-refractivity contribution >= 4 is 11.8 Å². The summed E-state index contributed by atoms with van der Waals surface area (Å²) in [4.78, 5) is 21.6. The number of halogens is 1. The summed E-state index contributed by atoms with van der Waals surface area (Å²) in [5, 5.41) is 10.00. The van der Waals surface area contributed by atoms with E-state index in [-0.39, 0.29) is 23.4 Å². The number of rotatable bonds is 2. The van der Waals surface area contributed by atoms with Crippen LogP contribution in [0.3, 0.4) is 0 Å². The topological polar surface area (TPSA) is 71.6 Å². The lowest BCUT2D eigenvalue weighted by Gasteiger charge is -2.23. The largest absolute Gasteiger partial charge is 0.286 e. The fourth-order valence-electron chi connectivity index (χ4n) is 2.69. The van der Waals surface area contributed by atoms with E-state index >= 15 is 0 Å². The van der Waals surface area contributed by atoms with Gasteiger partial charge in [-0.15, -0.1) is 0 Å². The molecule has 0 N–H and O–H groups in total. The van der Waals surface area contributed by atoms with Crippen LogP contribution in [0.1, 0.15) is 32.0 Å². The van der Waals surface area contributed by atoms with E-state index in [4.69, 9.17) is 0 Å². The second kappa shape index (κ2) is 6.60. The molecule has 3 rings (SSSR count). The van der Waals surface area contributed by atoms with Crippen LogP contribution >= 0.6 is 11.8 Å². The van der Waals surface area contributed by atoms with Crippen molar-refractivity contribution in [1.29, 1.82) is 5.26 Å². The molecule has 0 amide bonds. The van der Waals surface area contributed by atoms with E-state index in [1.54, 1.807) is 6.20 Å². The fraction of sp³-hybridized carbons (Fsp3) is 0.444. The third-order valence-electron chi connectivity index (χ3n) is 4.16. The second-order valence-electron chi connectivity index (χ2n) is 7.16. The molecule has 0 saturated carbocycles. The van der Waals surface area contributed by atoms with E-state index in [2.05, 4.69) is 30.7 Å². The summed E-state index contributed by atoms with van der Waals surface area (Å²) < 4.78 is 14.4. The summed E-state index contributed by atoms with van der Waals surface area (Å²) in [5.74, 6) is 0.359. The van der Waals surface area contributed by atoms with Gasteiger partial charge in [0, 0.05) is 41.1 Å². The van der Waals surface area contributed by atoms with E-state index in [9.17, 15) is 14.4 Å². The molecule has 7 heteroatoms. The van der Waals surface area contributed by atoms with Gasteiger partial charge in [-0.25, -0.2) is 4.98 Å². The number of pyridine rings is 1. The van der Waals surface area contributed by atoms with Crippen molar-refractivity contribution in [2.24, 2.45) is 5.92 Å². The number of nitrogens with zero attached hydrogens (tertiary/aromatic N) is 4. The van der Waals surface area contributed by atoms with E-state index in [0.29, 0.717) is 22.2 Å². The molecular weight excluding hydrogens is 339 g/mol. The minimum absolute atomic E-state index is 0.0193. The van der Waals surface area contributed by atoms with E-state index < -0.39 is 12.2 Å². The zero-order valence-corrected chi connectivity index (χ0v) is 15.2. The van der Waals surface area contributed by atoms with Gasteiger partial charge in [-0.05, 0) is 12.1 Å². The van der Waals surface area contributed by atoms with Crippen molar-refractivity contribution in [3.63, 3.8) is 0 Å². The standard InChI is InChI=1S/C18H19FN4OS/c1-18(2,3)14-5-4-12(8-21-14)15-13(7-20)16(24)23-9-11(6-19)10-25-17(23)22-15/h4-5,8,11H,6,9-10H2,1-3H3/t11-/m1/s1. The fourth-order valence-corrected chi connectivity index (χ4v) is 3.74. The molecule has 1 aliphatic rings. The summed E-state index contributed by atoms with van der Waals surface area (Å²) >= 11 is 1.35. The molecule has 25 heavy (non-hydrogen) atoms. The Bertz CT molecular complexity index is 894. The third-order valence-corrected chi connectivity index (χ3v) is 5.37. The van der Waals surface area contributed by atoms with Gasteiger partial charge in [0.25, 0.3) is 5.56 Å². The molecule has 0 aliphatic carbocycles. The van der Waals surface area contributed by atoms with E-state index in [1.165, 1.54) is 16.3 Å². The number of alkyl halides is 1. The molecule has 0 bridgehead atoms. The van der Waals surface area contributed by atoms with Gasteiger partial charge in [-0.1, -0.05) is 32.5 Å². The molecule has 1 atom stereocenters. The zero-order valence-electron chi connectivity index (χ0n) is 14.4. The van der Waals surface area contributed by atoms with Crippen LogP contribution in [0.2, 0.25) is 0 Å². The first kappa shape index (κ1) is 17.6. The maximum atomic E-state index is 12.9. The average Bonchev–Trinajstić information content (AvgIpc) is 2.60. The van der Waals surface area contributed by atoms with Crippen LogP contribution in [0.25, 0.3) is 11.3 Å². The van der Waals surface area contributed by atoms with Crippen molar-refractivity contribution in [2.75, 3.05) is 12.4 Å². The predicted molar refractivity (Wildman–Crippen MR) is 95.3 cm³/mol. The average molecular weight is 358 g/mol. The highest BCUT2D eigenvalue weighted by atomic mass is 32.2. The van der Waals surface area contributed by atoms with Crippen LogP contribution < -0.4 is 5.56 Å². The molecule has 130 valence electrons. The minimum Gasteiger partial charge on any atom is -0.286 e. The molecule has 1 aliphatic heterocycles. The van der Waals surface area contributed by atoms with Crippen molar-refractivity contribution < 1.29 is 4.39 Å². The van der Waals surface area contributed by atoms with Crippen LogP contribution in [-0.2, 0) is 12.0 Å². The number of thioether (sulfide) groups is 1. The van der Waals surface area contributed by atoms with Crippen molar-refractivity contribution in [2.45, 2.75) is 37.9 Å². The summed E-state index contributed by atoms with van der Waals surface area (Å²) in [6, 6.07) is 5.69. The lowest BCUT2D eigenvalue weighted by molar-refractivity contribution is 0.330. The lowest BCUT2D eigenvalue weighted by Crippen LogP contribution is -2.33. The van der Waals surface area contributed by atoms with Crippen LogP contribution in [0.4, 0.5) is 4.39 Å². The van der Waals surface area contributed by atoms with Gasteiger partial charge in [0.15, 0.2) is 5.16 Å². The predicted octanol–water partition coefficient (Wildman–Crippen LogP) is 3.17. The molecule has 0 aromatic carbocycles. The molecule has 0 saturated heterocycles. The van der Waals surface area contributed by atoms with Crippen LogP contribution in [0.15, 0.2) is 28.3 Å². The number of nitriles is 1.